The van der Waals surface area contributed by atoms with Crippen molar-refractivity contribution in [2.45, 2.75) is 64.4 Å². The first-order valence-electron chi connectivity index (χ1n) is 6.73. The molecule has 15 heavy (non-hydrogen) atoms. The van der Waals surface area contributed by atoms with Crippen molar-refractivity contribution in [3.63, 3.8) is 0 Å². The summed E-state index contributed by atoms with van der Waals surface area (Å²) in [5.74, 6) is 1.98. The van der Waals surface area contributed by atoms with Gasteiger partial charge >= 0.3 is 0 Å². The van der Waals surface area contributed by atoms with Gasteiger partial charge in [0.15, 0.2) is 0 Å². The molecule has 2 saturated carbocycles. The maximum atomic E-state index is 6.28. The van der Waals surface area contributed by atoms with Gasteiger partial charge in [0.2, 0.25) is 0 Å². The molecule has 1 aliphatic heterocycles. The first kappa shape index (κ1) is 10.1. The first-order chi connectivity index (χ1) is 7.09. The minimum atomic E-state index is 0.308. The average Bonchev–Trinajstić information content (AvgIpc) is 2.93. The van der Waals surface area contributed by atoms with Crippen LogP contribution in [0.15, 0.2) is 0 Å². The second-order valence-corrected chi connectivity index (χ2v) is 6.95. The zero-order valence-electron chi connectivity index (χ0n) is 10.2. The lowest BCUT2D eigenvalue weighted by Gasteiger charge is -2.43. The van der Waals surface area contributed by atoms with Crippen LogP contribution >= 0.6 is 0 Å². The molecule has 86 valence electrons. The fourth-order valence-corrected chi connectivity index (χ4v) is 3.45. The van der Waals surface area contributed by atoms with Gasteiger partial charge in [-0.2, -0.15) is 0 Å². The van der Waals surface area contributed by atoms with E-state index >= 15 is 0 Å². The molecule has 1 saturated heterocycles. The van der Waals surface area contributed by atoms with Gasteiger partial charge < -0.3 is 4.74 Å². The molecule has 1 heteroatoms. The first-order valence-corrected chi connectivity index (χ1v) is 6.73. The molecule has 0 radical (unpaired) electrons. The molecule has 3 rings (SSSR count). The van der Waals surface area contributed by atoms with E-state index in [4.69, 9.17) is 4.74 Å². The Kier molecular flexibility index (Phi) is 2.18. The van der Waals surface area contributed by atoms with Crippen LogP contribution in [0.25, 0.3) is 0 Å². The lowest BCUT2D eigenvalue weighted by atomic mass is 9.69. The van der Waals surface area contributed by atoms with Crippen LogP contribution in [-0.4, -0.2) is 12.2 Å². The van der Waals surface area contributed by atoms with E-state index in [1.807, 2.05) is 0 Å². The third-order valence-corrected chi connectivity index (χ3v) is 5.16. The van der Waals surface area contributed by atoms with Crippen LogP contribution in [0.1, 0.15) is 58.8 Å². The minimum absolute atomic E-state index is 0.308. The van der Waals surface area contributed by atoms with E-state index in [1.54, 1.807) is 0 Å². The average molecular weight is 208 g/mol. The fourth-order valence-electron chi connectivity index (χ4n) is 3.45. The Morgan fingerprint density at radius 3 is 2.40 bits per heavy atom. The van der Waals surface area contributed by atoms with E-state index in [0.717, 1.165) is 18.4 Å². The van der Waals surface area contributed by atoms with E-state index < -0.39 is 0 Å². The van der Waals surface area contributed by atoms with Crippen LogP contribution in [0, 0.1) is 17.3 Å². The standard InChI is InChI=1S/C14H24O/c1-13(2)5-7-14(8-6-13)4-3-11-9-12(11)10-15-14/h11-12H,3-10H2,1-2H3/t11-,12-/m0/s1. The molecule has 0 N–H and O–H groups in total. The van der Waals surface area contributed by atoms with Crippen LogP contribution in [0.2, 0.25) is 0 Å². The maximum absolute atomic E-state index is 6.28. The van der Waals surface area contributed by atoms with Crippen LogP contribution in [0.5, 0.6) is 0 Å². The molecule has 0 aromatic rings. The van der Waals surface area contributed by atoms with Crippen molar-refractivity contribution in [1.29, 1.82) is 0 Å². The van der Waals surface area contributed by atoms with Crippen molar-refractivity contribution < 1.29 is 4.74 Å². The summed E-state index contributed by atoms with van der Waals surface area (Å²) in [4.78, 5) is 0. The Morgan fingerprint density at radius 1 is 0.933 bits per heavy atom. The van der Waals surface area contributed by atoms with Gasteiger partial charge in [-0.25, -0.2) is 0 Å². The molecule has 0 unspecified atom stereocenters. The topological polar surface area (TPSA) is 9.23 Å². The SMILES string of the molecule is CC1(C)CCC2(CC[C@H]3C[C@H]3CO2)CC1. The number of fused-ring (bicyclic) bond motifs is 1. The molecule has 0 aromatic carbocycles. The van der Waals surface area contributed by atoms with Crippen molar-refractivity contribution in [2.75, 3.05) is 6.61 Å². The molecule has 1 heterocycles. The number of ether oxygens (including phenoxy) is 1. The molecule has 2 aliphatic carbocycles. The van der Waals surface area contributed by atoms with Crippen LogP contribution in [-0.2, 0) is 4.74 Å². The highest BCUT2D eigenvalue weighted by molar-refractivity contribution is 4.97. The lowest BCUT2D eigenvalue weighted by molar-refractivity contribution is -0.0908. The van der Waals surface area contributed by atoms with E-state index in [2.05, 4.69) is 13.8 Å². The fraction of sp³-hybridized carbons (Fsp3) is 1.00. The number of rotatable bonds is 0. The summed E-state index contributed by atoms with van der Waals surface area (Å²) < 4.78 is 6.28. The summed E-state index contributed by atoms with van der Waals surface area (Å²) in [6.07, 6.45) is 9.63. The van der Waals surface area contributed by atoms with Crippen molar-refractivity contribution in [3.8, 4) is 0 Å². The molecular weight excluding hydrogens is 184 g/mol. The van der Waals surface area contributed by atoms with E-state index in [1.165, 1.54) is 44.9 Å². The predicted octanol–water partition coefficient (Wildman–Crippen LogP) is 3.77. The largest absolute Gasteiger partial charge is 0.375 e. The molecule has 1 nitrogen and oxygen atoms in total. The van der Waals surface area contributed by atoms with E-state index in [0.29, 0.717) is 11.0 Å². The van der Waals surface area contributed by atoms with Crippen molar-refractivity contribution >= 4 is 0 Å². The van der Waals surface area contributed by atoms with Gasteiger partial charge in [0, 0.05) is 0 Å². The van der Waals surface area contributed by atoms with E-state index in [9.17, 15) is 0 Å². The Balaban J connectivity index is 1.65. The summed E-state index contributed by atoms with van der Waals surface area (Å²) in [6.45, 7) is 5.90. The van der Waals surface area contributed by atoms with Gasteiger partial charge in [0.05, 0.1) is 12.2 Å². The minimum Gasteiger partial charge on any atom is -0.375 e. The summed E-state index contributed by atoms with van der Waals surface area (Å²) in [7, 11) is 0. The van der Waals surface area contributed by atoms with Crippen molar-refractivity contribution in [3.05, 3.63) is 0 Å². The highest BCUT2D eigenvalue weighted by atomic mass is 16.5. The predicted molar refractivity (Wildman–Crippen MR) is 61.8 cm³/mol. The summed E-state index contributed by atoms with van der Waals surface area (Å²) in [5, 5.41) is 0. The van der Waals surface area contributed by atoms with E-state index in [-0.39, 0.29) is 0 Å². The number of hydrogen-bond donors (Lipinski definition) is 0. The normalized spacial score (nSPS) is 42.0. The van der Waals surface area contributed by atoms with Gasteiger partial charge in [0.1, 0.15) is 0 Å². The Hall–Kier alpha value is -0.0400. The smallest absolute Gasteiger partial charge is 0.0683 e. The molecule has 3 fully saturated rings. The summed E-state index contributed by atoms with van der Waals surface area (Å²) in [5.41, 5.74) is 0.882. The zero-order chi connectivity index (χ0) is 10.5. The third kappa shape index (κ3) is 1.95. The van der Waals surface area contributed by atoms with Crippen LogP contribution < -0.4 is 0 Å². The Morgan fingerprint density at radius 2 is 1.67 bits per heavy atom. The van der Waals surface area contributed by atoms with Gasteiger partial charge in [-0.1, -0.05) is 13.8 Å². The Labute approximate surface area is 93.6 Å². The molecule has 0 aromatic heterocycles. The molecule has 0 amide bonds. The Bertz CT molecular complexity index is 232. The highest BCUT2D eigenvalue weighted by Crippen LogP contribution is 2.52. The second-order valence-electron chi connectivity index (χ2n) is 6.95. The van der Waals surface area contributed by atoms with Gasteiger partial charge in [-0.05, 0) is 62.2 Å². The monoisotopic (exact) mass is 208 g/mol. The van der Waals surface area contributed by atoms with Crippen LogP contribution in [0.4, 0.5) is 0 Å². The lowest BCUT2D eigenvalue weighted by Crippen LogP contribution is -2.39. The third-order valence-electron chi connectivity index (χ3n) is 5.16. The molecule has 1 spiro atoms. The highest BCUT2D eigenvalue weighted by Gasteiger charge is 2.47. The molecule has 0 bridgehead atoms. The summed E-state index contributed by atoms with van der Waals surface area (Å²) in [6, 6.07) is 0. The van der Waals surface area contributed by atoms with Crippen LogP contribution in [0.3, 0.4) is 0 Å². The zero-order valence-corrected chi connectivity index (χ0v) is 10.2. The maximum Gasteiger partial charge on any atom is 0.0683 e. The molecule has 2 atom stereocenters. The quantitative estimate of drug-likeness (QED) is 0.589. The summed E-state index contributed by atoms with van der Waals surface area (Å²) >= 11 is 0. The van der Waals surface area contributed by atoms with Gasteiger partial charge in [-0.15, -0.1) is 0 Å². The second kappa shape index (κ2) is 3.23. The molecular formula is C14H24O. The number of hydrogen-bond acceptors (Lipinski definition) is 1. The van der Waals surface area contributed by atoms with Gasteiger partial charge in [0.25, 0.3) is 0 Å². The van der Waals surface area contributed by atoms with Crippen molar-refractivity contribution in [1.82, 2.24) is 0 Å². The van der Waals surface area contributed by atoms with Crippen molar-refractivity contribution in [2.24, 2.45) is 17.3 Å². The molecule has 3 aliphatic rings. The van der Waals surface area contributed by atoms with Gasteiger partial charge in [-0.3, -0.25) is 0 Å².